The Morgan fingerprint density at radius 1 is 1.12 bits per heavy atom. The van der Waals surface area contributed by atoms with Crippen LogP contribution in [0.4, 0.5) is 5.69 Å². The molecule has 0 aromatic heterocycles. The number of methoxy groups -OCH3 is 1. The molecule has 0 spiro atoms. The maximum Gasteiger partial charge on any atom is 0.228 e. The number of benzene rings is 2. The first kappa shape index (κ1) is 17.3. The van der Waals surface area contributed by atoms with Crippen LogP contribution >= 0.6 is 0 Å². The Kier molecular flexibility index (Phi) is 5.59. The van der Waals surface area contributed by atoms with E-state index < -0.39 is 0 Å². The van der Waals surface area contributed by atoms with E-state index >= 15 is 0 Å². The Balaban J connectivity index is 1.54. The molecule has 1 N–H and O–H groups in total. The van der Waals surface area contributed by atoms with Crippen LogP contribution in [-0.2, 0) is 11.2 Å². The molecule has 1 aliphatic rings. The summed E-state index contributed by atoms with van der Waals surface area (Å²) in [6.45, 7) is 1.98. The van der Waals surface area contributed by atoms with Crippen molar-refractivity contribution in [2.75, 3.05) is 12.4 Å². The van der Waals surface area contributed by atoms with Crippen LogP contribution in [-0.4, -0.2) is 19.1 Å². The average Bonchev–Trinajstić information content (AvgIpc) is 3.10. The van der Waals surface area contributed by atoms with Gasteiger partial charge in [-0.05, 0) is 74.1 Å². The monoisotopic (exact) mass is 339 g/mol. The van der Waals surface area contributed by atoms with E-state index in [1.165, 1.54) is 12.8 Å². The molecule has 2 aromatic rings. The van der Waals surface area contributed by atoms with Crippen molar-refractivity contribution in [1.82, 2.24) is 0 Å². The van der Waals surface area contributed by atoms with E-state index in [1.807, 2.05) is 49.4 Å². The summed E-state index contributed by atoms with van der Waals surface area (Å²) in [7, 11) is 1.65. The molecule has 0 unspecified atom stereocenters. The normalized spacial score (nSPS) is 14.3. The lowest BCUT2D eigenvalue weighted by Crippen LogP contribution is -2.14. The minimum atomic E-state index is -0.0333. The second-order valence-electron chi connectivity index (χ2n) is 6.58. The quantitative estimate of drug-likeness (QED) is 0.842. The topological polar surface area (TPSA) is 47.6 Å². The summed E-state index contributed by atoms with van der Waals surface area (Å²) in [5.41, 5.74) is 2.78. The first-order valence-electron chi connectivity index (χ1n) is 8.84. The lowest BCUT2D eigenvalue weighted by molar-refractivity contribution is -0.115. The molecule has 1 fully saturated rings. The Morgan fingerprint density at radius 2 is 1.84 bits per heavy atom. The zero-order valence-corrected chi connectivity index (χ0v) is 14.9. The number of hydrogen-bond acceptors (Lipinski definition) is 3. The van der Waals surface area contributed by atoms with E-state index in [2.05, 4.69) is 5.32 Å². The molecular weight excluding hydrogens is 314 g/mol. The fraction of sp³-hybridized carbons (Fsp3) is 0.381. The Bertz CT molecular complexity index is 718. The molecule has 0 radical (unpaired) electrons. The van der Waals surface area contributed by atoms with Gasteiger partial charge in [-0.15, -0.1) is 0 Å². The fourth-order valence-corrected chi connectivity index (χ4v) is 3.26. The van der Waals surface area contributed by atoms with Gasteiger partial charge in [0.15, 0.2) is 0 Å². The molecule has 0 bridgehead atoms. The van der Waals surface area contributed by atoms with Crippen LogP contribution in [0.3, 0.4) is 0 Å². The summed E-state index contributed by atoms with van der Waals surface area (Å²) in [6.07, 6.45) is 5.47. The maximum absolute atomic E-state index is 12.2. The molecule has 1 aliphatic carbocycles. The molecule has 1 amide bonds. The SMILES string of the molecule is COc1ccc(CC(=O)Nc2ccc(OC3CCCC3)cc2)cc1C. The van der Waals surface area contributed by atoms with Gasteiger partial charge in [-0.25, -0.2) is 0 Å². The number of carbonyl (C=O) groups excluding carboxylic acids is 1. The van der Waals surface area contributed by atoms with Gasteiger partial charge in [0.05, 0.1) is 19.6 Å². The van der Waals surface area contributed by atoms with Crippen molar-refractivity contribution in [1.29, 1.82) is 0 Å². The van der Waals surface area contributed by atoms with Crippen molar-refractivity contribution < 1.29 is 14.3 Å². The van der Waals surface area contributed by atoms with E-state index in [1.54, 1.807) is 7.11 Å². The van der Waals surface area contributed by atoms with Crippen LogP contribution in [0.2, 0.25) is 0 Å². The fourth-order valence-electron chi connectivity index (χ4n) is 3.26. The lowest BCUT2D eigenvalue weighted by Gasteiger charge is -2.13. The van der Waals surface area contributed by atoms with Crippen LogP contribution in [0.15, 0.2) is 42.5 Å². The van der Waals surface area contributed by atoms with Gasteiger partial charge in [0, 0.05) is 5.69 Å². The van der Waals surface area contributed by atoms with Crippen LogP contribution in [0.25, 0.3) is 0 Å². The smallest absolute Gasteiger partial charge is 0.228 e. The summed E-state index contributed by atoms with van der Waals surface area (Å²) < 4.78 is 11.2. The number of carbonyl (C=O) groups is 1. The molecule has 0 saturated heterocycles. The Morgan fingerprint density at radius 3 is 2.48 bits per heavy atom. The highest BCUT2D eigenvalue weighted by Gasteiger charge is 2.16. The number of nitrogens with one attached hydrogen (secondary N) is 1. The molecule has 132 valence electrons. The molecule has 0 atom stereocenters. The first-order chi connectivity index (χ1) is 12.1. The van der Waals surface area contributed by atoms with Gasteiger partial charge in [-0.3, -0.25) is 4.79 Å². The van der Waals surface area contributed by atoms with Crippen LogP contribution in [0, 0.1) is 6.92 Å². The molecule has 25 heavy (non-hydrogen) atoms. The van der Waals surface area contributed by atoms with Crippen LogP contribution in [0.5, 0.6) is 11.5 Å². The third kappa shape index (κ3) is 4.75. The van der Waals surface area contributed by atoms with E-state index in [0.717, 1.165) is 41.2 Å². The minimum absolute atomic E-state index is 0.0333. The average molecular weight is 339 g/mol. The minimum Gasteiger partial charge on any atom is -0.496 e. The van der Waals surface area contributed by atoms with Crippen molar-refractivity contribution in [3.05, 3.63) is 53.6 Å². The van der Waals surface area contributed by atoms with Gasteiger partial charge < -0.3 is 14.8 Å². The highest BCUT2D eigenvalue weighted by Crippen LogP contribution is 2.25. The zero-order valence-electron chi connectivity index (χ0n) is 14.9. The third-order valence-electron chi connectivity index (χ3n) is 4.57. The number of hydrogen-bond donors (Lipinski definition) is 1. The van der Waals surface area contributed by atoms with Crippen LogP contribution < -0.4 is 14.8 Å². The van der Waals surface area contributed by atoms with Crippen molar-refractivity contribution in [2.24, 2.45) is 0 Å². The van der Waals surface area contributed by atoms with Gasteiger partial charge in [-0.2, -0.15) is 0 Å². The highest BCUT2D eigenvalue weighted by molar-refractivity contribution is 5.92. The summed E-state index contributed by atoms with van der Waals surface area (Å²) >= 11 is 0. The molecule has 4 heteroatoms. The maximum atomic E-state index is 12.2. The zero-order chi connectivity index (χ0) is 17.6. The van der Waals surface area contributed by atoms with E-state index in [-0.39, 0.29) is 5.91 Å². The van der Waals surface area contributed by atoms with Gasteiger partial charge in [-0.1, -0.05) is 12.1 Å². The van der Waals surface area contributed by atoms with Crippen molar-refractivity contribution >= 4 is 11.6 Å². The number of rotatable bonds is 6. The van der Waals surface area contributed by atoms with Crippen molar-refractivity contribution in [2.45, 2.75) is 45.1 Å². The number of amides is 1. The van der Waals surface area contributed by atoms with E-state index in [0.29, 0.717) is 12.5 Å². The molecule has 3 rings (SSSR count). The largest absolute Gasteiger partial charge is 0.496 e. The number of ether oxygens (including phenoxy) is 2. The number of anilines is 1. The summed E-state index contributed by atoms with van der Waals surface area (Å²) in [4.78, 5) is 12.2. The molecule has 0 aliphatic heterocycles. The van der Waals surface area contributed by atoms with E-state index in [9.17, 15) is 4.79 Å². The molecular formula is C21H25NO3. The molecule has 4 nitrogen and oxygen atoms in total. The molecule has 2 aromatic carbocycles. The Labute approximate surface area is 149 Å². The predicted molar refractivity (Wildman–Crippen MR) is 99.4 cm³/mol. The summed E-state index contributed by atoms with van der Waals surface area (Å²) in [5, 5.41) is 2.93. The predicted octanol–water partition coefficient (Wildman–Crippen LogP) is 4.51. The second-order valence-corrected chi connectivity index (χ2v) is 6.58. The van der Waals surface area contributed by atoms with Gasteiger partial charge in [0.25, 0.3) is 0 Å². The third-order valence-corrected chi connectivity index (χ3v) is 4.57. The van der Waals surface area contributed by atoms with Gasteiger partial charge in [0.2, 0.25) is 5.91 Å². The van der Waals surface area contributed by atoms with Gasteiger partial charge in [0.1, 0.15) is 11.5 Å². The first-order valence-corrected chi connectivity index (χ1v) is 8.84. The van der Waals surface area contributed by atoms with E-state index in [4.69, 9.17) is 9.47 Å². The molecule has 1 saturated carbocycles. The lowest BCUT2D eigenvalue weighted by atomic mass is 10.1. The standard InChI is InChI=1S/C21H25NO3/c1-15-13-16(7-12-20(15)24-2)14-21(23)22-17-8-10-19(11-9-17)25-18-5-3-4-6-18/h7-13,18H,3-6,14H2,1-2H3,(H,22,23). The number of aryl methyl sites for hydroxylation is 1. The van der Waals surface area contributed by atoms with Gasteiger partial charge >= 0.3 is 0 Å². The Hall–Kier alpha value is -2.49. The summed E-state index contributed by atoms with van der Waals surface area (Å²) in [6, 6.07) is 13.4. The van der Waals surface area contributed by atoms with Crippen molar-refractivity contribution in [3.8, 4) is 11.5 Å². The summed E-state index contributed by atoms with van der Waals surface area (Å²) in [5.74, 6) is 1.67. The second kappa shape index (κ2) is 8.06. The van der Waals surface area contributed by atoms with Crippen molar-refractivity contribution in [3.63, 3.8) is 0 Å². The molecule has 0 heterocycles. The van der Waals surface area contributed by atoms with Crippen LogP contribution in [0.1, 0.15) is 36.8 Å². The highest BCUT2D eigenvalue weighted by atomic mass is 16.5.